The van der Waals surface area contributed by atoms with Gasteiger partial charge in [0.15, 0.2) is 0 Å². The van der Waals surface area contributed by atoms with Crippen molar-refractivity contribution in [3.8, 4) is 0 Å². The molecule has 5 nitrogen and oxygen atoms in total. The van der Waals surface area contributed by atoms with E-state index in [9.17, 15) is 0 Å². The third-order valence-electron chi connectivity index (χ3n) is 0.996. The van der Waals surface area contributed by atoms with E-state index in [4.69, 9.17) is 16.3 Å². The highest BCUT2D eigenvalue weighted by molar-refractivity contribution is 5.69. The lowest BCUT2D eigenvalue weighted by atomic mass is 10.3. The van der Waals surface area contributed by atoms with Crippen LogP contribution in [0, 0.1) is 0 Å². The highest BCUT2D eigenvalue weighted by atomic mass is 16.2. The van der Waals surface area contributed by atoms with E-state index >= 15 is 0 Å². The normalized spacial score (nSPS) is 8.00. The second-order valence-electron chi connectivity index (χ2n) is 2.03. The lowest BCUT2D eigenvalue weighted by Crippen LogP contribution is -2.18. The molecule has 12 heavy (non-hydrogen) atoms. The second kappa shape index (κ2) is 4.84. The van der Waals surface area contributed by atoms with Gasteiger partial charge in [0.25, 0.3) is 0 Å². The van der Waals surface area contributed by atoms with E-state index in [0.717, 1.165) is 0 Å². The van der Waals surface area contributed by atoms with Crippen LogP contribution in [0.2, 0.25) is 0 Å². The molecule has 0 fully saturated rings. The molecule has 0 spiro atoms. The topological polar surface area (TPSA) is 121 Å². The number of amides is 2. The number of carbonyl (C=O) groups is 1. The Hall–Kier alpha value is -1.91. The number of hydrogen-bond acceptors (Lipinski definition) is 3. The molecule has 0 aromatic heterocycles. The zero-order valence-electron chi connectivity index (χ0n) is 6.53. The van der Waals surface area contributed by atoms with Crippen LogP contribution in [0.5, 0.6) is 0 Å². The standard InChI is InChI=1S/C6H8N2.CH4N2O/c7-5-3-1-2-4-6(5)8;2-1(3)4/h1-4H,7-8H2;(H4,2,3,4). The van der Waals surface area contributed by atoms with Gasteiger partial charge in [0.05, 0.1) is 11.4 Å². The number of nitrogens with two attached hydrogens (primary N) is 4. The summed E-state index contributed by atoms with van der Waals surface area (Å²) in [5.74, 6) is 0. The molecule has 1 aromatic rings. The zero-order valence-corrected chi connectivity index (χ0v) is 6.53. The summed E-state index contributed by atoms with van der Waals surface area (Å²) in [4.78, 5) is 9.00. The van der Waals surface area contributed by atoms with Gasteiger partial charge in [-0.25, -0.2) is 4.79 Å². The maximum absolute atomic E-state index is 9.00. The SMILES string of the molecule is NC(N)=O.Nc1ccccc1N. The van der Waals surface area contributed by atoms with E-state index in [-0.39, 0.29) is 0 Å². The fraction of sp³-hybridized carbons (Fsp3) is 0. The summed E-state index contributed by atoms with van der Waals surface area (Å²) < 4.78 is 0. The lowest BCUT2D eigenvalue weighted by molar-refractivity contribution is 0.256. The van der Waals surface area contributed by atoms with Crippen LogP contribution in [0.4, 0.5) is 16.2 Å². The Morgan fingerprint density at radius 1 is 1.00 bits per heavy atom. The first-order valence-corrected chi connectivity index (χ1v) is 3.19. The van der Waals surface area contributed by atoms with Crippen molar-refractivity contribution in [3.63, 3.8) is 0 Å². The number of anilines is 2. The molecule has 0 aliphatic carbocycles. The van der Waals surface area contributed by atoms with Crippen LogP contribution in [0.25, 0.3) is 0 Å². The number of benzene rings is 1. The summed E-state index contributed by atoms with van der Waals surface area (Å²) in [5.41, 5.74) is 20.6. The van der Waals surface area contributed by atoms with Gasteiger partial charge >= 0.3 is 6.03 Å². The van der Waals surface area contributed by atoms with Crippen molar-refractivity contribution in [3.05, 3.63) is 24.3 Å². The summed E-state index contributed by atoms with van der Waals surface area (Å²) >= 11 is 0. The second-order valence-corrected chi connectivity index (χ2v) is 2.03. The van der Waals surface area contributed by atoms with E-state index in [2.05, 4.69) is 11.5 Å². The molecule has 0 saturated carbocycles. The molecule has 0 saturated heterocycles. The van der Waals surface area contributed by atoms with Crippen LogP contribution in [-0.2, 0) is 0 Å². The molecule has 0 heterocycles. The predicted octanol–water partition coefficient (Wildman–Crippen LogP) is -0.125. The summed E-state index contributed by atoms with van der Waals surface area (Å²) in [6.45, 7) is 0. The van der Waals surface area contributed by atoms with Crippen LogP contribution in [0.15, 0.2) is 24.3 Å². The third kappa shape index (κ3) is 4.92. The maximum atomic E-state index is 9.00. The molecule has 0 radical (unpaired) electrons. The van der Waals surface area contributed by atoms with Crippen molar-refractivity contribution >= 4 is 17.4 Å². The molecule has 1 aromatic carbocycles. The van der Waals surface area contributed by atoms with Crippen LogP contribution in [0.3, 0.4) is 0 Å². The highest BCUT2D eigenvalue weighted by Crippen LogP contribution is 2.10. The van der Waals surface area contributed by atoms with E-state index in [1.807, 2.05) is 12.1 Å². The fourth-order valence-corrected chi connectivity index (χ4v) is 0.511. The molecular weight excluding hydrogens is 156 g/mol. The number of hydrogen-bond donors (Lipinski definition) is 4. The largest absolute Gasteiger partial charge is 0.397 e. The van der Waals surface area contributed by atoms with E-state index in [1.165, 1.54) is 0 Å². The van der Waals surface area contributed by atoms with E-state index in [1.54, 1.807) is 12.1 Å². The van der Waals surface area contributed by atoms with Crippen molar-refractivity contribution < 1.29 is 4.79 Å². The van der Waals surface area contributed by atoms with Crippen LogP contribution >= 0.6 is 0 Å². The van der Waals surface area contributed by atoms with Crippen molar-refractivity contribution in [2.75, 3.05) is 11.5 Å². The van der Waals surface area contributed by atoms with Gasteiger partial charge in [-0.1, -0.05) is 12.1 Å². The molecule has 66 valence electrons. The molecule has 0 aliphatic rings. The third-order valence-corrected chi connectivity index (χ3v) is 0.996. The van der Waals surface area contributed by atoms with Gasteiger partial charge in [-0.15, -0.1) is 0 Å². The Labute approximate surface area is 70.3 Å². The number of nitrogen functional groups attached to an aromatic ring is 2. The van der Waals surface area contributed by atoms with Gasteiger partial charge in [-0.3, -0.25) is 0 Å². The Morgan fingerprint density at radius 3 is 1.42 bits per heavy atom. The lowest BCUT2D eigenvalue weighted by Gasteiger charge is -1.94. The fourth-order valence-electron chi connectivity index (χ4n) is 0.511. The van der Waals surface area contributed by atoms with Crippen molar-refractivity contribution in [1.82, 2.24) is 0 Å². The average molecular weight is 168 g/mol. The maximum Gasteiger partial charge on any atom is 0.309 e. The zero-order chi connectivity index (χ0) is 9.56. The van der Waals surface area contributed by atoms with Gasteiger partial charge in [-0.2, -0.15) is 0 Å². The first kappa shape index (κ1) is 10.1. The minimum atomic E-state index is -0.833. The molecule has 0 aliphatic heterocycles. The number of primary amides is 2. The van der Waals surface area contributed by atoms with Gasteiger partial charge in [0.1, 0.15) is 0 Å². The van der Waals surface area contributed by atoms with E-state index < -0.39 is 6.03 Å². The molecule has 0 bridgehead atoms. The molecule has 5 heteroatoms. The number of para-hydroxylation sites is 2. The Balaban J connectivity index is 0.000000261. The van der Waals surface area contributed by atoms with Crippen molar-refractivity contribution in [1.29, 1.82) is 0 Å². The van der Waals surface area contributed by atoms with Gasteiger partial charge in [0.2, 0.25) is 0 Å². The molecule has 2 amide bonds. The molecule has 0 unspecified atom stereocenters. The minimum absolute atomic E-state index is 0.646. The molecular formula is C7H12N4O. The van der Waals surface area contributed by atoms with Gasteiger partial charge in [-0.05, 0) is 12.1 Å². The summed E-state index contributed by atoms with van der Waals surface area (Å²) in [7, 11) is 0. The molecule has 8 N–H and O–H groups in total. The first-order valence-electron chi connectivity index (χ1n) is 3.19. The average Bonchev–Trinajstić information content (AvgIpc) is 1.94. The molecule has 1 rings (SSSR count). The van der Waals surface area contributed by atoms with Crippen LogP contribution < -0.4 is 22.9 Å². The minimum Gasteiger partial charge on any atom is -0.397 e. The van der Waals surface area contributed by atoms with Gasteiger partial charge in [0, 0.05) is 0 Å². The quantitative estimate of drug-likeness (QED) is 0.404. The van der Waals surface area contributed by atoms with E-state index in [0.29, 0.717) is 11.4 Å². The number of carbonyl (C=O) groups excluding carboxylic acids is 1. The molecule has 0 atom stereocenters. The summed E-state index contributed by atoms with van der Waals surface area (Å²) in [5, 5.41) is 0. The Kier molecular flexibility index (Phi) is 4.07. The summed E-state index contributed by atoms with van der Waals surface area (Å²) in [6.07, 6.45) is 0. The van der Waals surface area contributed by atoms with Crippen LogP contribution in [-0.4, -0.2) is 6.03 Å². The number of rotatable bonds is 0. The van der Waals surface area contributed by atoms with Crippen molar-refractivity contribution in [2.45, 2.75) is 0 Å². The summed E-state index contributed by atoms with van der Waals surface area (Å²) in [6, 6.07) is 6.42. The smallest absolute Gasteiger partial charge is 0.309 e. The highest BCUT2D eigenvalue weighted by Gasteiger charge is 1.85. The predicted molar refractivity (Wildman–Crippen MR) is 49.0 cm³/mol. The Morgan fingerprint density at radius 2 is 1.25 bits per heavy atom. The Bertz CT molecular complexity index is 236. The first-order chi connectivity index (χ1) is 5.54. The number of urea groups is 1. The van der Waals surface area contributed by atoms with Crippen molar-refractivity contribution in [2.24, 2.45) is 11.5 Å². The van der Waals surface area contributed by atoms with Gasteiger partial charge < -0.3 is 22.9 Å². The monoisotopic (exact) mass is 168 g/mol. The van der Waals surface area contributed by atoms with Crippen LogP contribution in [0.1, 0.15) is 0 Å².